The Kier molecular flexibility index (Phi) is 8.79. The summed E-state index contributed by atoms with van der Waals surface area (Å²) in [5, 5.41) is 2.79. The minimum atomic E-state index is -5.13. The molecule has 0 aliphatic rings. The second kappa shape index (κ2) is 12.0. The molecule has 12 heteroatoms. The van der Waals surface area contributed by atoms with Crippen molar-refractivity contribution in [2.24, 2.45) is 0 Å². The van der Waals surface area contributed by atoms with Crippen LogP contribution in [0.5, 0.6) is 5.75 Å². The summed E-state index contributed by atoms with van der Waals surface area (Å²) in [6.07, 6.45) is -9.29. The van der Waals surface area contributed by atoms with Gasteiger partial charge in [0.1, 0.15) is 0 Å². The van der Waals surface area contributed by atoms with Crippen LogP contribution >= 0.6 is 0 Å². The third kappa shape index (κ3) is 7.12. The van der Waals surface area contributed by atoms with Crippen LogP contribution in [-0.2, 0) is 18.9 Å². The van der Waals surface area contributed by atoms with Gasteiger partial charge in [-0.05, 0) is 69.7 Å². The lowest BCUT2D eigenvalue weighted by molar-refractivity contribution is -0.143. The number of aryl methyl sites for hydroxylation is 2. The summed E-state index contributed by atoms with van der Waals surface area (Å²) in [5.41, 5.74) is -0.507. The van der Waals surface area contributed by atoms with Gasteiger partial charge in [-0.15, -0.1) is 0 Å². The first kappa shape index (κ1) is 31.5. The van der Waals surface area contributed by atoms with Crippen LogP contribution in [0.3, 0.4) is 0 Å². The number of hydrogen-bond donors (Lipinski definition) is 1. The van der Waals surface area contributed by atoms with Gasteiger partial charge in [-0.3, -0.25) is 4.79 Å². The first-order chi connectivity index (χ1) is 20.1. The maximum Gasteiger partial charge on any atom is 0.416 e. The van der Waals surface area contributed by atoms with E-state index in [0.717, 1.165) is 16.7 Å². The lowest BCUT2D eigenvalue weighted by atomic mass is 10.0. The minimum absolute atomic E-state index is 0.0537. The summed E-state index contributed by atoms with van der Waals surface area (Å²) in [6.45, 7) is 8.46. The van der Waals surface area contributed by atoms with Gasteiger partial charge in [0.25, 0.3) is 5.91 Å². The van der Waals surface area contributed by atoms with Gasteiger partial charge in [0.05, 0.1) is 22.3 Å². The number of anilines is 1. The van der Waals surface area contributed by atoms with Crippen molar-refractivity contribution in [2.45, 2.75) is 46.6 Å². The first-order valence-electron chi connectivity index (χ1n) is 13.4. The van der Waals surface area contributed by atoms with Crippen LogP contribution in [0, 0.1) is 13.8 Å². The van der Waals surface area contributed by atoms with Crippen LogP contribution < -0.4 is 10.1 Å². The molecule has 0 aliphatic heterocycles. The zero-order chi connectivity index (χ0) is 31.7. The number of aromatic nitrogens is 1. The van der Waals surface area contributed by atoms with E-state index in [9.17, 15) is 35.9 Å². The average Bonchev–Trinajstić information content (AvgIpc) is 3.31. The van der Waals surface area contributed by atoms with Gasteiger partial charge >= 0.3 is 18.4 Å². The highest BCUT2D eigenvalue weighted by Gasteiger charge is 2.37. The fourth-order valence-electron chi connectivity index (χ4n) is 4.87. The largest absolute Gasteiger partial charge is 0.416 e. The molecule has 0 atom stereocenters. The number of amides is 2. The highest BCUT2D eigenvalue weighted by molar-refractivity contribution is 6.11. The summed E-state index contributed by atoms with van der Waals surface area (Å²) >= 11 is 0. The molecule has 0 radical (unpaired) electrons. The fourth-order valence-corrected chi connectivity index (χ4v) is 4.87. The molecule has 3 aromatic carbocycles. The summed E-state index contributed by atoms with van der Waals surface area (Å²) in [7, 11) is 0. The highest BCUT2D eigenvalue weighted by Crippen LogP contribution is 2.38. The minimum Gasteiger partial charge on any atom is -0.408 e. The molecule has 43 heavy (non-hydrogen) atoms. The number of halogens is 6. The molecule has 0 unspecified atom stereocenters. The monoisotopic (exact) mass is 605 g/mol. The molecule has 0 aliphatic carbocycles. The Morgan fingerprint density at radius 2 is 1.42 bits per heavy atom. The van der Waals surface area contributed by atoms with E-state index in [1.807, 2.05) is 36.6 Å². The second-order valence-electron chi connectivity index (χ2n) is 10.1. The number of carbonyl (C=O) groups excluding carboxylic acids is 2. The molecule has 0 saturated carbocycles. The SMILES string of the molecule is CCN(CC)C(=O)Oc1ccc2c(ccn2Cc2cc(C)cc(C)c2)c1NC(=O)c1cc(C(F)(F)F)cc(C(F)(F)F)c1. The zero-order valence-electron chi connectivity index (χ0n) is 23.8. The molecule has 0 fully saturated rings. The van der Waals surface area contributed by atoms with Crippen LogP contribution in [0.4, 0.5) is 36.8 Å². The van der Waals surface area contributed by atoms with Crippen molar-refractivity contribution in [1.29, 1.82) is 0 Å². The van der Waals surface area contributed by atoms with E-state index in [4.69, 9.17) is 4.74 Å². The van der Waals surface area contributed by atoms with Crippen molar-refractivity contribution in [2.75, 3.05) is 18.4 Å². The summed E-state index contributed by atoms with van der Waals surface area (Å²) in [5.74, 6) is -1.36. The molecular formula is C31H29F6N3O3. The van der Waals surface area contributed by atoms with E-state index in [0.29, 0.717) is 42.7 Å². The van der Waals surface area contributed by atoms with E-state index in [1.165, 1.54) is 11.0 Å². The molecule has 6 nitrogen and oxygen atoms in total. The van der Waals surface area contributed by atoms with Crippen LogP contribution in [0.25, 0.3) is 10.9 Å². The van der Waals surface area contributed by atoms with E-state index >= 15 is 0 Å². The molecule has 1 heterocycles. The Bertz CT molecular complexity index is 1620. The Morgan fingerprint density at radius 1 is 0.837 bits per heavy atom. The number of rotatable bonds is 7. The normalized spacial score (nSPS) is 12.0. The summed E-state index contributed by atoms with van der Waals surface area (Å²) in [6, 6.07) is 11.4. The van der Waals surface area contributed by atoms with Crippen molar-refractivity contribution in [3.8, 4) is 5.75 Å². The number of benzene rings is 3. The zero-order valence-corrected chi connectivity index (χ0v) is 23.8. The van der Waals surface area contributed by atoms with Gasteiger partial charge in [0, 0.05) is 36.8 Å². The van der Waals surface area contributed by atoms with Crippen LogP contribution in [-0.4, -0.2) is 34.6 Å². The van der Waals surface area contributed by atoms with Gasteiger partial charge in [0.15, 0.2) is 5.75 Å². The van der Waals surface area contributed by atoms with Gasteiger partial charge in [-0.1, -0.05) is 29.3 Å². The highest BCUT2D eigenvalue weighted by atomic mass is 19.4. The lowest BCUT2D eigenvalue weighted by Gasteiger charge is -2.20. The van der Waals surface area contributed by atoms with E-state index < -0.39 is 41.0 Å². The number of fused-ring (bicyclic) bond motifs is 1. The number of carbonyl (C=O) groups is 2. The third-order valence-electron chi connectivity index (χ3n) is 6.86. The van der Waals surface area contributed by atoms with Gasteiger partial charge < -0.3 is 19.5 Å². The molecule has 228 valence electrons. The molecule has 0 saturated heterocycles. The smallest absolute Gasteiger partial charge is 0.408 e. The standard InChI is InChI=1S/C31H29F6N3O3/c1-5-39(6-2)29(42)43-26-8-7-25-24(9-10-40(25)17-20-12-18(3)11-19(4)13-20)27(26)38-28(41)21-14-22(30(32,33)34)16-23(15-21)31(35,36)37/h7-16H,5-6,17H2,1-4H3,(H,38,41). The molecular weight excluding hydrogens is 576 g/mol. The number of nitrogens with one attached hydrogen (secondary N) is 1. The summed E-state index contributed by atoms with van der Waals surface area (Å²) < 4.78 is 88.1. The van der Waals surface area contributed by atoms with Crippen LogP contribution in [0.2, 0.25) is 0 Å². The van der Waals surface area contributed by atoms with Crippen molar-refractivity contribution in [1.82, 2.24) is 9.47 Å². The lowest BCUT2D eigenvalue weighted by Crippen LogP contribution is -2.33. The quantitative estimate of drug-likeness (QED) is 0.215. The topological polar surface area (TPSA) is 63.6 Å². The molecule has 0 spiro atoms. The first-order valence-corrected chi connectivity index (χ1v) is 13.4. The Balaban J connectivity index is 1.81. The fraction of sp³-hybridized carbons (Fsp3) is 0.290. The Hall–Kier alpha value is -4.48. The van der Waals surface area contributed by atoms with Gasteiger partial charge in [-0.25, -0.2) is 4.79 Å². The van der Waals surface area contributed by atoms with E-state index in [-0.39, 0.29) is 17.5 Å². The van der Waals surface area contributed by atoms with Gasteiger partial charge in [0.2, 0.25) is 0 Å². The average molecular weight is 606 g/mol. The van der Waals surface area contributed by atoms with Gasteiger partial charge in [-0.2, -0.15) is 26.3 Å². The molecule has 2 amide bonds. The van der Waals surface area contributed by atoms with Crippen molar-refractivity contribution in [3.63, 3.8) is 0 Å². The van der Waals surface area contributed by atoms with E-state index in [2.05, 4.69) is 5.32 Å². The molecule has 1 N–H and O–H groups in total. The maximum atomic E-state index is 13.5. The summed E-state index contributed by atoms with van der Waals surface area (Å²) in [4.78, 5) is 27.4. The Morgan fingerprint density at radius 3 is 1.95 bits per heavy atom. The second-order valence-corrected chi connectivity index (χ2v) is 10.1. The third-order valence-corrected chi connectivity index (χ3v) is 6.86. The van der Waals surface area contributed by atoms with Crippen molar-refractivity contribution in [3.05, 3.63) is 94.2 Å². The number of ether oxygens (including phenoxy) is 1. The van der Waals surface area contributed by atoms with Crippen molar-refractivity contribution >= 4 is 28.6 Å². The predicted octanol–water partition coefficient (Wildman–Crippen LogP) is 8.44. The van der Waals surface area contributed by atoms with Crippen molar-refractivity contribution < 1.29 is 40.7 Å². The Labute approximate surface area is 243 Å². The number of alkyl halides is 6. The number of nitrogens with zero attached hydrogens (tertiary/aromatic N) is 2. The van der Waals surface area contributed by atoms with Crippen LogP contribution in [0.15, 0.2) is 60.8 Å². The molecule has 4 rings (SSSR count). The number of hydrogen-bond acceptors (Lipinski definition) is 3. The van der Waals surface area contributed by atoms with Crippen LogP contribution in [0.1, 0.15) is 52.0 Å². The molecule has 0 bridgehead atoms. The predicted molar refractivity (Wildman–Crippen MR) is 150 cm³/mol. The maximum absolute atomic E-state index is 13.5. The van der Waals surface area contributed by atoms with E-state index in [1.54, 1.807) is 32.2 Å². The molecule has 1 aromatic heterocycles. The molecule has 4 aromatic rings.